The second kappa shape index (κ2) is 31.9. The predicted octanol–water partition coefficient (Wildman–Crippen LogP) is 5.47. The third kappa shape index (κ3) is 32.1. The van der Waals surface area contributed by atoms with E-state index in [1.807, 2.05) is 70.4 Å². The lowest BCUT2D eigenvalue weighted by Crippen LogP contribution is -2.52. The number of nitrogens with zero attached hydrogens (tertiary/aromatic N) is 2. The first-order valence-electron chi connectivity index (χ1n) is 18.9. The first-order valence-corrected chi connectivity index (χ1v) is 18.9. The fraction of sp³-hybridized carbons (Fsp3) is 0.634. The van der Waals surface area contributed by atoms with Gasteiger partial charge in [0.15, 0.2) is 0 Å². The second-order valence-corrected chi connectivity index (χ2v) is 15.4. The molecule has 0 spiro atoms. The summed E-state index contributed by atoms with van der Waals surface area (Å²) in [4.78, 5) is 73.5. The van der Waals surface area contributed by atoms with E-state index >= 15 is 0 Å². The van der Waals surface area contributed by atoms with Crippen LogP contribution >= 0.6 is 0 Å². The van der Waals surface area contributed by atoms with E-state index in [9.17, 15) is 24.0 Å². The molecule has 13 nitrogen and oxygen atoms in total. The van der Waals surface area contributed by atoms with E-state index in [0.29, 0.717) is 50.5 Å². The Bertz CT molecular complexity index is 1220. The molecule has 0 aromatic heterocycles. The summed E-state index contributed by atoms with van der Waals surface area (Å²) >= 11 is 0. The lowest BCUT2D eigenvalue weighted by Gasteiger charge is -2.23. The Kier molecular flexibility index (Phi) is 31.8. The zero-order valence-corrected chi connectivity index (χ0v) is 35.5. The maximum atomic E-state index is 12.6. The quantitative estimate of drug-likeness (QED) is 0.147. The monoisotopic (exact) mass is 760 g/mol. The van der Waals surface area contributed by atoms with Crippen molar-refractivity contribution in [3.8, 4) is 0 Å². The molecule has 2 unspecified atom stereocenters. The molecule has 1 aromatic rings. The molecule has 0 aliphatic carbocycles. The number of carbonyl (C=O) groups is 6. The number of amides is 5. The van der Waals surface area contributed by atoms with Gasteiger partial charge in [-0.05, 0) is 42.6 Å². The minimum absolute atomic E-state index is 0.111. The van der Waals surface area contributed by atoms with Crippen molar-refractivity contribution < 1.29 is 28.8 Å². The molecule has 2 aliphatic rings. The van der Waals surface area contributed by atoms with Gasteiger partial charge in [0.25, 0.3) is 5.91 Å². The Morgan fingerprint density at radius 2 is 1.52 bits per heavy atom. The highest BCUT2D eigenvalue weighted by atomic mass is 16.2. The molecule has 1 aromatic carbocycles. The summed E-state index contributed by atoms with van der Waals surface area (Å²) in [5, 5.41) is 13.1. The highest BCUT2D eigenvalue weighted by Crippen LogP contribution is 2.18. The Morgan fingerprint density at radius 3 is 1.87 bits per heavy atom. The Balaban J connectivity index is -0.000000776. The summed E-state index contributed by atoms with van der Waals surface area (Å²) in [5.74, 6) is -1.65. The van der Waals surface area contributed by atoms with Crippen molar-refractivity contribution in [2.45, 2.75) is 133 Å². The molecule has 308 valence electrons. The van der Waals surface area contributed by atoms with Crippen LogP contribution in [0.2, 0.25) is 0 Å². The molecule has 0 radical (unpaired) electrons. The van der Waals surface area contributed by atoms with Gasteiger partial charge in [0.2, 0.25) is 30.4 Å². The summed E-state index contributed by atoms with van der Waals surface area (Å²) in [7, 11) is 3.22. The van der Waals surface area contributed by atoms with Crippen LogP contribution < -0.4 is 26.6 Å². The molecular formula is C41H73N7O6. The number of benzene rings is 1. The maximum Gasteiger partial charge on any atom is 0.290 e. The SMILES string of the molecule is C1=CNCC=N1.CC(C)(C)C.CCC.CCC[C@H](NC(=O)C1CCCN1C=O)C(=O)C(=O)NC(C)c1ccccc1.CNC(=O)CC(C)(C)C.CNC=O. The Morgan fingerprint density at radius 1 is 0.963 bits per heavy atom. The van der Waals surface area contributed by atoms with Gasteiger partial charge in [-0.15, -0.1) is 0 Å². The van der Waals surface area contributed by atoms with Crippen LogP contribution in [0.3, 0.4) is 0 Å². The predicted molar refractivity (Wildman–Crippen MR) is 221 cm³/mol. The van der Waals surface area contributed by atoms with E-state index in [1.54, 1.807) is 27.2 Å². The highest BCUT2D eigenvalue weighted by molar-refractivity contribution is 6.38. The normalized spacial score (nSPS) is 14.8. The molecule has 1 fully saturated rings. The van der Waals surface area contributed by atoms with Crippen LogP contribution in [0, 0.1) is 10.8 Å². The third-order valence-corrected chi connectivity index (χ3v) is 6.49. The van der Waals surface area contributed by atoms with Crippen LogP contribution in [0.15, 0.2) is 47.7 Å². The average Bonchev–Trinajstić information content (AvgIpc) is 3.61. The molecule has 2 aliphatic heterocycles. The van der Waals surface area contributed by atoms with Crippen LogP contribution in [0.5, 0.6) is 0 Å². The van der Waals surface area contributed by atoms with E-state index in [4.69, 9.17) is 4.79 Å². The molecular weight excluding hydrogens is 686 g/mol. The van der Waals surface area contributed by atoms with Crippen LogP contribution in [0.1, 0.15) is 126 Å². The number of hydrogen-bond acceptors (Lipinski definition) is 8. The smallest absolute Gasteiger partial charge is 0.290 e. The zero-order valence-electron chi connectivity index (χ0n) is 35.5. The molecule has 5 amide bonds. The number of rotatable bonds is 11. The molecule has 0 bridgehead atoms. The zero-order chi connectivity index (χ0) is 42.2. The van der Waals surface area contributed by atoms with Crippen molar-refractivity contribution in [2.24, 2.45) is 15.8 Å². The fourth-order valence-corrected chi connectivity index (χ4v) is 4.17. The maximum absolute atomic E-state index is 12.6. The van der Waals surface area contributed by atoms with Crippen molar-refractivity contribution in [1.29, 1.82) is 0 Å². The van der Waals surface area contributed by atoms with Gasteiger partial charge in [0.05, 0.1) is 12.1 Å². The van der Waals surface area contributed by atoms with Gasteiger partial charge in [0, 0.05) is 52.2 Å². The molecule has 3 atom stereocenters. The van der Waals surface area contributed by atoms with Crippen LogP contribution in [0.25, 0.3) is 0 Å². The van der Waals surface area contributed by atoms with Gasteiger partial charge in [-0.3, -0.25) is 33.8 Å². The van der Waals surface area contributed by atoms with E-state index in [2.05, 4.69) is 73.1 Å². The van der Waals surface area contributed by atoms with E-state index in [1.165, 1.54) is 11.3 Å². The summed E-state index contributed by atoms with van der Waals surface area (Å²) < 4.78 is 0. The first kappa shape index (κ1) is 53.8. The van der Waals surface area contributed by atoms with Crippen molar-refractivity contribution in [3.05, 3.63) is 48.3 Å². The first-order chi connectivity index (χ1) is 25.3. The van der Waals surface area contributed by atoms with Gasteiger partial charge >= 0.3 is 0 Å². The third-order valence-electron chi connectivity index (χ3n) is 6.49. The number of aliphatic imine (C=N–C) groups is 1. The van der Waals surface area contributed by atoms with E-state index in [-0.39, 0.29) is 23.3 Å². The number of ketones is 1. The summed E-state index contributed by atoms with van der Waals surface area (Å²) in [6, 6.07) is 7.56. The van der Waals surface area contributed by atoms with Gasteiger partial charge in [0.1, 0.15) is 6.04 Å². The van der Waals surface area contributed by atoms with Gasteiger partial charge < -0.3 is 31.5 Å². The van der Waals surface area contributed by atoms with Crippen molar-refractivity contribution in [1.82, 2.24) is 31.5 Å². The lowest BCUT2D eigenvalue weighted by molar-refractivity contribution is -0.141. The average molecular weight is 760 g/mol. The van der Waals surface area contributed by atoms with Crippen LogP contribution in [-0.4, -0.2) is 86.7 Å². The summed E-state index contributed by atoms with van der Waals surface area (Å²) in [6.07, 6.45) is 10.8. The molecule has 3 rings (SSSR count). The Hall–Kier alpha value is -4.55. The summed E-state index contributed by atoms with van der Waals surface area (Å²) in [6.45, 7) is 24.2. The fourth-order valence-electron chi connectivity index (χ4n) is 4.17. The number of hydrogen-bond donors (Lipinski definition) is 5. The topological polar surface area (TPSA) is 178 Å². The number of nitrogens with one attached hydrogen (secondary N) is 5. The molecule has 2 heterocycles. The van der Waals surface area contributed by atoms with Crippen LogP contribution in [-0.2, 0) is 28.8 Å². The van der Waals surface area contributed by atoms with Gasteiger partial charge in [-0.1, -0.05) is 112 Å². The van der Waals surface area contributed by atoms with Crippen LogP contribution in [0.4, 0.5) is 0 Å². The molecule has 5 N–H and O–H groups in total. The van der Waals surface area contributed by atoms with Gasteiger partial charge in [-0.25, -0.2) is 0 Å². The molecule has 13 heteroatoms. The number of likely N-dealkylation sites (tertiary alicyclic amines) is 1. The van der Waals surface area contributed by atoms with Gasteiger partial charge in [-0.2, -0.15) is 0 Å². The van der Waals surface area contributed by atoms with E-state index < -0.39 is 23.8 Å². The van der Waals surface area contributed by atoms with Crippen molar-refractivity contribution in [2.75, 3.05) is 27.2 Å². The number of Topliss-reactive ketones (excluding diaryl/α,β-unsaturated/α-hetero) is 1. The van der Waals surface area contributed by atoms with E-state index in [0.717, 1.165) is 18.5 Å². The molecule has 0 saturated carbocycles. The largest absolute Gasteiger partial charge is 0.385 e. The Labute approximate surface area is 326 Å². The minimum Gasteiger partial charge on any atom is -0.385 e. The number of carbonyl (C=O) groups excluding carboxylic acids is 6. The lowest BCUT2D eigenvalue weighted by atomic mass is 9.92. The standard InChI is InChI=1S/C20H27N3O4.C7H15NO.C5H12.C4H6N2.C3H8.C2H5NO/c1-3-8-16(22-19(26)17-11-7-12-23(17)13-24)18(25)20(27)21-14(2)15-9-5-4-6-10-15;1-7(2,3)5-6(9)8-4;1-5(2,3)4;1-2-6-4-3-5-1;1-3-2;1-3-2-4/h4-6,9-10,13-14,16-17H,3,7-8,11-12H2,1-2H3,(H,21,27)(H,22,26);5H2,1-4H3,(H,8,9);1-4H3;1-3,6H,4H2;3H2,1-2H3;2H,1H3,(H,3,4)/t14?,16-,17?;;;;;/m0...../s1. The van der Waals surface area contributed by atoms with Crippen molar-refractivity contribution >= 4 is 42.5 Å². The second-order valence-electron chi connectivity index (χ2n) is 15.4. The molecule has 54 heavy (non-hydrogen) atoms. The van der Waals surface area contributed by atoms with Crippen molar-refractivity contribution in [3.63, 3.8) is 0 Å². The minimum atomic E-state index is -0.889. The highest BCUT2D eigenvalue weighted by Gasteiger charge is 2.34. The summed E-state index contributed by atoms with van der Waals surface area (Å²) in [5.41, 5.74) is 1.50. The molecule has 1 saturated heterocycles.